The van der Waals surface area contributed by atoms with Gasteiger partial charge < -0.3 is 4.90 Å². The summed E-state index contributed by atoms with van der Waals surface area (Å²) in [6.45, 7) is 9.98. The molecule has 180 valence electrons. The lowest BCUT2D eigenvalue weighted by Gasteiger charge is -2.34. The maximum absolute atomic E-state index is 12.9. The molecule has 1 aliphatic heterocycles. The minimum absolute atomic E-state index is 0.0159. The van der Waals surface area contributed by atoms with Crippen molar-refractivity contribution < 1.29 is 18.1 Å². The van der Waals surface area contributed by atoms with Crippen LogP contribution in [0.2, 0.25) is 0 Å². The number of nitrogens with zero attached hydrogens (tertiary/aromatic N) is 5. The second kappa shape index (κ2) is 10.0. The molecule has 1 fully saturated rings. The molecule has 1 saturated heterocycles. The molecule has 0 spiro atoms. The minimum Gasteiger partial charge on any atom is -0.340 e. The van der Waals surface area contributed by atoms with Gasteiger partial charge in [0.25, 0.3) is 5.69 Å². The molecule has 10 nitrogen and oxygen atoms in total. The van der Waals surface area contributed by atoms with E-state index in [4.69, 9.17) is 0 Å². The molecule has 1 amide bonds. The van der Waals surface area contributed by atoms with Gasteiger partial charge in [-0.15, -0.1) is 0 Å². The van der Waals surface area contributed by atoms with Gasteiger partial charge in [-0.05, 0) is 37.8 Å². The summed E-state index contributed by atoms with van der Waals surface area (Å²) >= 11 is 0. The van der Waals surface area contributed by atoms with Crippen molar-refractivity contribution in [3.63, 3.8) is 0 Å². The lowest BCUT2D eigenvalue weighted by atomic mass is 10.1. The molecule has 0 bridgehead atoms. The van der Waals surface area contributed by atoms with Crippen LogP contribution in [0.3, 0.4) is 0 Å². The Labute approximate surface area is 194 Å². The van der Waals surface area contributed by atoms with Crippen LogP contribution in [0.15, 0.2) is 29.2 Å². The summed E-state index contributed by atoms with van der Waals surface area (Å²) in [7, 11) is -3.86. The Hall–Kier alpha value is -2.79. The Bertz CT molecular complexity index is 1130. The number of hydrogen-bond donors (Lipinski definition) is 0. The number of carbonyl (C=O) groups excluding carboxylic acids is 1. The molecule has 0 unspecified atom stereocenters. The number of nitro benzene ring substituents is 1. The summed E-state index contributed by atoms with van der Waals surface area (Å²) in [5, 5.41) is 15.6. The van der Waals surface area contributed by atoms with Gasteiger partial charge in [-0.1, -0.05) is 19.9 Å². The zero-order valence-corrected chi connectivity index (χ0v) is 20.3. The van der Waals surface area contributed by atoms with Crippen LogP contribution in [0.1, 0.15) is 37.2 Å². The maximum atomic E-state index is 12.9. The van der Waals surface area contributed by atoms with Gasteiger partial charge in [-0.2, -0.15) is 9.40 Å². The monoisotopic (exact) mass is 477 g/mol. The van der Waals surface area contributed by atoms with Crippen LogP contribution in [0, 0.1) is 29.9 Å². The molecule has 0 aliphatic carbocycles. The molecule has 3 rings (SSSR count). The molecular formula is C22H31N5O5S. The van der Waals surface area contributed by atoms with Crippen molar-refractivity contribution in [2.24, 2.45) is 5.92 Å². The molecular weight excluding hydrogens is 446 g/mol. The number of aryl methyl sites for hydroxylation is 1. The second-order valence-electron chi connectivity index (χ2n) is 8.76. The van der Waals surface area contributed by atoms with Crippen LogP contribution >= 0.6 is 0 Å². The van der Waals surface area contributed by atoms with Crippen LogP contribution in [-0.2, 0) is 27.8 Å². The van der Waals surface area contributed by atoms with Gasteiger partial charge in [0.15, 0.2) is 0 Å². The van der Waals surface area contributed by atoms with Crippen molar-refractivity contribution in [2.45, 2.75) is 52.0 Å². The van der Waals surface area contributed by atoms with Crippen molar-refractivity contribution in [3.8, 4) is 0 Å². The van der Waals surface area contributed by atoms with Crippen molar-refractivity contribution >= 4 is 21.6 Å². The number of non-ortho nitro benzene ring substituents is 1. The van der Waals surface area contributed by atoms with Gasteiger partial charge >= 0.3 is 0 Å². The number of benzene rings is 1. The van der Waals surface area contributed by atoms with Gasteiger partial charge in [0.1, 0.15) is 0 Å². The second-order valence-corrected chi connectivity index (χ2v) is 10.7. The van der Waals surface area contributed by atoms with E-state index in [1.807, 2.05) is 18.5 Å². The highest BCUT2D eigenvalue weighted by Crippen LogP contribution is 2.23. The first kappa shape index (κ1) is 24.8. The number of amides is 1. The van der Waals surface area contributed by atoms with Crippen molar-refractivity contribution in [1.82, 2.24) is 19.0 Å². The summed E-state index contributed by atoms with van der Waals surface area (Å²) in [5.41, 5.74) is 2.85. The van der Waals surface area contributed by atoms with E-state index in [1.165, 1.54) is 22.5 Å². The molecule has 1 aromatic heterocycles. The lowest BCUT2D eigenvalue weighted by Crippen LogP contribution is -2.50. The Kier molecular flexibility index (Phi) is 7.53. The molecule has 0 radical (unpaired) electrons. The Morgan fingerprint density at radius 2 is 1.85 bits per heavy atom. The average Bonchev–Trinajstić information content (AvgIpc) is 3.03. The van der Waals surface area contributed by atoms with E-state index < -0.39 is 14.9 Å². The van der Waals surface area contributed by atoms with Crippen molar-refractivity contribution in [3.05, 3.63) is 51.3 Å². The van der Waals surface area contributed by atoms with E-state index in [2.05, 4.69) is 18.9 Å². The van der Waals surface area contributed by atoms with Gasteiger partial charge in [-0.3, -0.25) is 19.6 Å². The van der Waals surface area contributed by atoms with E-state index in [0.717, 1.165) is 29.6 Å². The predicted octanol–water partition coefficient (Wildman–Crippen LogP) is 2.53. The van der Waals surface area contributed by atoms with E-state index in [1.54, 1.807) is 4.90 Å². The number of hydrogen-bond acceptors (Lipinski definition) is 6. The molecule has 0 atom stereocenters. The third-order valence-electron chi connectivity index (χ3n) is 5.92. The third-order valence-corrected chi connectivity index (χ3v) is 7.81. The Balaban J connectivity index is 1.59. The first-order chi connectivity index (χ1) is 15.5. The zero-order valence-electron chi connectivity index (χ0n) is 19.5. The van der Waals surface area contributed by atoms with E-state index in [-0.39, 0.29) is 42.7 Å². The first-order valence-electron chi connectivity index (χ1n) is 11.1. The third kappa shape index (κ3) is 5.59. The average molecular weight is 478 g/mol. The molecule has 0 saturated carbocycles. The van der Waals surface area contributed by atoms with Crippen LogP contribution in [0.4, 0.5) is 5.69 Å². The zero-order chi connectivity index (χ0) is 24.3. The summed E-state index contributed by atoms with van der Waals surface area (Å²) in [6, 6.07) is 5.03. The smallest absolute Gasteiger partial charge is 0.270 e. The van der Waals surface area contributed by atoms with Gasteiger partial charge in [0, 0.05) is 57.0 Å². The van der Waals surface area contributed by atoms with E-state index >= 15 is 0 Å². The SMILES string of the molecule is Cc1nn(CC(C)C)c(C)c1CCC(=O)N1CCN(S(=O)(=O)c2cccc([N+](=O)[O-])c2)CC1. The maximum Gasteiger partial charge on any atom is 0.270 e. The number of nitro groups is 1. The summed E-state index contributed by atoms with van der Waals surface area (Å²) in [6.07, 6.45) is 0.938. The summed E-state index contributed by atoms with van der Waals surface area (Å²) in [5.74, 6) is 0.463. The van der Waals surface area contributed by atoms with Crippen molar-refractivity contribution in [2.75, 3.05) is 26.2 Å². The Morgan fingerprint density at radius 3 is 2.45 bits per heavy atom. The minimum atomic E-state index is -3.86. The molecule has 1 aliphatic rings. The van der Waals surface area contributed by atoms with Crippen LogP contribution < -0.4 is 0 Å². The molecule has 2 aromatic rings. The standard InChI is InChI=1S/C22H31N5O5S/c1-16(2)15-26-18(4)21(17(3)23-26)8-9-22(28)24-10-12-25(13-11-24)33(31,32)20-7-5-6-19(14-20)27(29)30/h5-7,14,16H,8-13,15H2,1-4H3. The number of aromatic nitrogens is 2. The highest BCUT2D eigenvalue weighted by molar-refractivity contribution is 7.89. The lowest BCUT2D eigenvalue weighted by molar-refractivity contribution is -0.385. The number of carbonyl (C=O) groups is 1. The van der Waals surface area contributed by atoms with Crippen LogP contribution in [-0.4, -0.2) is 64.4 Å². The number of sulfonamides is 1. The quantitative estimate of drug-likeness (QED) is 0.426. The first-order valence-corrected chi connectivity index (χ1v) is 12.5. The van der Waals surface area contributed by atoms with Gasteiger partial charge in [0.05, 0.1) is 15.5 Å². The van der Waals surface area contributed by atoms with Gasteiger partial charge in [-0.25, -0.2) is 8.42 Å². The van der Waals surface area contributed by atoms with Gasteiger partial charge in [0.2, 0.25) is 15.9 Å². The fourth-order valence-electron chi connectivity index (χ4n) is 4.09. The molecule has 1 aromatic carbocycles. The number of piperazine rings is 1. The van der Waals surface area contributed by atoms with E-state index in [0.29, 0.717) is 18.8 Å². The highest BCUT2D eigenvalue weighted by atomic mass is 32.2. The topological polar surface area (TPSA) is 119 Å². The van der Waals surface area contributed by atoms with Crippen molar-refractivity contribution in [1.29, 1.82) is 0 Å². The van der Waals surface area contributed by atoms with E-state index in [9.17, 15) is 23.3 Å². The van der Waals surface area contributed by atoms with Crippen LogP contribution in [0.25, 0.3) is 0 Å². The fourth-order valence-corrected chi connectivity index (χ4v) is 5.56. The molecule has 0 N–H and O–H groups in total. The van der Waals surface area contributed by atoms with Crippen LogP contribution in [0.5, 0.6) is 0 Å². The predicted molar refractivity (Wildman–Crippen MR) is 123 cm³/mol. The molecule has 33 heavy (non-hydrogen) atoms. The Morgan fingerprint density at radius 1 is 1.18 bits per heavy atom. The summed E-state index contributed by atoms with van der Waals surface area (Å²) in [4.78, 5) is 24.7. The summed E-state index contributed by atoms with van der Waals surface area (Å²) < 4.78 is 29.1. The highest BCUT2D eigenvalue weighted by Gasteiger charge is 2.31. The molecule has 2 heterocycles. The largest absolute Gasteiger partial charge is 0.340 e. The number of rotatable bonds is 8. The molecule has 11 heteroatoms. The fraction of sp³-hybridized carbons (Fsp3) is 0.545. The normalized spacial score (nSPS) is 15.2.